The van der Waals surface area contributed by atoms with Crippen LogP contribution in [0.2, 0.25) is 0 Å². The Morgan fingerprint density at radius 2 is 2.06 bits per heavy atom. The van der Waals surface area contributed by atoms with Crippen LogP contribution >= 0.6 is 0 Å². The zero-order valence-electron chi connectivity index (χ0n) is 9.89. The molecule has 0 heterocycles. The summed E-state index contributed by atoms with van der Waals surface area (Å²) in [4.78, 5) is 0. The molecule has 0 amide bonds. The highest BCUT2D eigenvalue weighted by molar-refractivity contribution is 5.27. The van der Waals surface area contributed by atoms with Gasteiger partial charge in [-0.15, -0.1) is 0 Å². The Hall–Kier alpha value is -0.820. The molecular weight excluding hydrogens is 196 g/mol. The molecule has 1 aromatic carbocycles. The molecule has 86 valence electrons. The summed E-state index contributed by atoms with van der Waals surface area (Å²) in [6, 6.07) is 8.48. The molecule has 3 atom stereocenters. The molecule has 16 heavy (non-hydrogen) atoms. The Morgan fingerprint density at radius 3 is 2.75 bits per heavy atom. The summed E-state index contributed by atoms with van der Waals surface area (Å²) in [5.41, 5.74) is 2.47. The fraction of sp³-hybridized carbons (Fsp3) is 0.600. The van der Waals surface area contributed by atoms with Crippen LogP contribution in [-0.4, -0.2) is 5.11 Å². The molecule has 0 bridgehead atoms. The van der Waals surface area contributed by atoms with Crippen LogP contribution in [-0.2, 0) is 6.42 Å². The van der Waals surface area contributed by atoms with Crippen LogP contribution in [0.3, 0.4) is 0 Å². The lowest BCUT2D eigenvalue weighted by Gasteiger charge is -2.13. The summed E-state index contributed by atoms with van der Waals surface area (Å²) in [5, 5.41) is 10.4. The molecule has 1 heteroatoms. The molecule has 0 radical (unpaired) electrons. The van der Waals surface area contributed by atoms with Gasteiger partial charge < -0.3 is 5.11 Å². The van der Waals surface area contributed by atoms with E-state index < -0.39 is 0 Å². The molecule has 2 saturated carbocycles. The molecule has 1 nitrogen and oxygen atoms in total. The summed E-state index contributed by atoms with van der Waals surface area (Å²) in [5.74, 6) is 2.24. The summed E-state index contributed by atoms with van der Waals surface area (Å²) in [7, 11) is 0. The highest BCUT2D eigenvalue weighted by Gasteiger charge is 2.55. The second-order valence-corrected chi connectivity index (χ2v) is 5.38. The van der Waals surface area contributed by atoms with Gasteiger partial charge in [-0.1, -0.05) is 37.6 Å². The van der Waals surface area contributed by atoms with Crippen LogP contribution in [0.1, 0.15) is 43.4 Å². The average molecular weight is 216 g/mol. The number of aliphatic hydroxyl groups is 1. The summed E-state index contributed by atoms with van der Waals surface area (Å²) in [6.45, 7) is 2.16. The fourth-order valence-corrected chi connectivity index (χ4v) is 3.56. The van der Waals surface area contributed by atoms with Gasteiger partial charge >= 0.3 is 0 Å². The third-order valence-electron chi connectivity index (χ3n) is 4.54. The van der Waals surface area contributed by atoms with Crippen molar-refractivity contribution in [2.75, 3.05) is 0 Å². The molecule has 3 unspecified atom stereocenters. The molecule has 0 aromatic heterocycles. The zero-order chi connectivity index (χ0) is 11.1. The maximum Gasteiger partial charge on any atom is 0.0823 e. The van der Waals surface area contributed by atoms with Crippen LogP contribution in [0, 0.1) is 17.8 Å². The molecule has 0 aliphatic heterocycles. The van der Waals surface area contributed by atoms with E-state index in [-0.39, 0.29) is 6.10 Å². The first kappa shape index (κ1) is 10.3. The van der Waals surface area contributed by atoms with Crippen molar-refractivity contribution in [3.05, 3.63) is 35.4 Å². The summed E-state index contributed by atoms with van der Waals surface area (Å²) >= 11 is 0. The van der Waals surface area contributed by atoms with Crippen molar-refractivity contribution in [1.82, 2.24) is 0 Å². The number of hydrogen-bond acceptors (Lipinski definition) is 1. The monoisotopic (exact) mass is 216 g/mol. The summed E-state index contributed by atoms with van der Waals surface area (Å²) in [6.07, 6.45) is 4.92. The standard InChI is InChI=1S/C15H20O/c1-2-10-5-3-6-11(9-10)15(16)14-12-7-4-8-13(12)14/h3,5-6,9,12-16H,2,4,7-8H2,1H3. The Labute approximate surface area is 97.5 Å². The second-order valence-electron chi connectivity index (χ2n) is 5.38. The minimum Gasteiger partial charge on any atom is -0.388 e. The van der Waals surface area contributed by atoms with Crippen LogP contribution < -0.4 is 0 Å². The van der Waals surface area contributed by atoms with E-state index in [1.54, 1.807) is 0 Å². The molecule has 2 fully saturated rings. The first-order chi connectivity index (χ1) is 7.81. The third-order valence-corrected chi connectivity index (χ3v) is 4.54. The Morgan fingerprint density at radius 1 is 1.31 bits per heavy atom. The maximum absolute atomic E-state index is 10.4. The van der Waals surface area contributed by atoms with Crippen molar-refractivity contribution >= 4 is 0 Å². The van der Waals surface area contributed by atoms with Gasteiger partial charge in [0.15, 0.2) is 0 Å². The van der Waals surface area contributed by atoms with Gasteiger partial charge in [0.1, 0.15) is 0 Å². The second kappa shape index (κ2) is 3.89. The van der Waals surface area contributed by atoms with Crippen molar-refractivity contribution in [3.63, 3.8) is 0 Å². The predicted molar refractivity (Wildman–Crippen MR) is 65.1 cm³/mol. The first-order valence-electron chi connectivity index (χ1n) is 6.58. The Bertz CT molecular complexity index is 375. The maximum atomic E-state index is 10.4. The van der Waals surface area contributed by atoms with Gasteiger partial charge in [0.25, 0.3) is 0 Å². The average Bonchev–Trinajstić information content (AvgIpc) is 2.81. The van der Waals surface area contributed by atoms with E-state index >= 15 is 0 Å². The minimum atomic E-state index is -0.207. The van der Waals surface area contributed by atoms with Crippen LogP contribution in [0.4, 0.5) is 0 Å². The SMILES string of the molecule is CCc1cccc(C(O)C2C3CCCC32)c1. The van der Waals surface area contributed by atoms with Gasteiger partial charge in [0.05, 0.1) is 6.10 Å². The predicted octanol–water partition coefficient (Wildman–Crippen LogP) is 3.33. The Balaban J connectivity index is 1.76. The van der Waals surface area contributed by atoms with E-state index in [1.807, 2.05) is 0 Å². The van der Waals surface area contributed by atoms with Crippen molar-refractivity contribution in [3.8, 4) is 0 Å². The molecule has 0 spiro atoms. The lowest BCUT2D eigenvalue weighted by molar-refractivity contribution is 0.137. The van der Waals surface area contributed by atoms with Crippen molar-refractivity contribution in [2.45, 2.75) is 38.7 Å². The third kappa shape index (κ3) is 1.58. The van der Waals surface area contributed by atoms with Crippen molar-refractivity contribution < 1.29 is 5.11 Å². The fourth-order valence-electron chi connectivity index (χ4n) is 3.56. The largest absolute Gasteiger partial charge is 0.388 e. The van der Waals surface area contributed by atoms with Gasteiger partial charge in [-0.25, -0.2) is 0 Å². The van der Waals surface area contributed by atoms with Crippen molar-refractivity contribution in [1.29, 1.82) is 0 Å². The van der Waals surface area contributed by atoms with E-state index in [1.165, 1.54) is 24.8 Å². The van der Waals surface area contributed by atoms with E-state index in [2.05, 4.69) is 31.2 Å². The number of aliphatic hydroxyl groups excluding tert-OH is 1. The number of fused-ring (bicyclic) bond motifs is 1. The molecule has 1 N–H and O–H groups in total. The number of rotatable bonds is 3. The van der Waals surface area contributed by atoms with E-state index in [0.29, 0.717) is 5.92 Å². The topological polar surface area (TPSA) is 20.2 Å². The first-order valence-corrected chi connectivity index (χ1v) is 6.58. The van der Waals surface area contributed by atoms with Crippen LogP contribution in [0.15, 0.2) is 24.3 Å². The normalized spacial score (nSPS) is 33.5. The lowest BCUT2D eigenvalue weighted by atomic mass is 9.97. The number of benzene rings is 1. The van der Waals surface area contributed by atoms with Crippen LogP contribution in [0.25, 0.3) is 0 Å². The molecule has 1 aromatic rings. The van der Waals surface area contributed by atoms with Gasteiger partial charge in [-0.3, -0.25) is 0 Å². The smallest absolute Gasteiger partial charge is 0.0823 e. The molecule has 2 aliphatic rings. The quantitative estimate of drug-likeness (QED) is 0.821. The van der Waals surface area contributed by atoms with E-state index in [9.17, 15) is 5.11 Å². The van der Waals surface area contributed by atoms with E-state index in [0.717, 1.165) is 23.8 Å². The van der Waals surface area contributed by atoms with Crippen LogP contribution in [0.5, 0.6) is 0 Å². The van der Waals surface area contributed by atoms with Gasteiger partial charge in [-0.2, -0.15) is 0 Å². The molecule has 3 rings (SSSR count). The van der Waals surface area contributed by atoms with E-state index in [4.69, 9.17) is 0 Å². The Kier molecular flexibility index (Phi) is 2.51. The highest BCUT2D eigenvalue weighted by Crippen LogP contribution is 2.62. The van der Waals surface area contributed by atoms with Gasteiger partial charge in [0.2, 0.25) is 0 Å². The number of aryl methyl sites for hydroxylation is 1. The van der Waals surface area contributed by atoms with Crippen molar-refractivity contribution in [2.24, 2.45) is 17.8 Å². The number of hydrogen-bond donors (Lipinski definition) is 1. The molecule has 0 saturated heterocycles. The molecule has 2 aliphatic carbocycles. The molecular formula is C15H20O. The lowest BCUT2D eigenvalue weighted by Crippen LogP contribution is -2.04. The van der Waals surface area contributed by atoms with Gasteiger partial charge in [0, 0.05) is 0 Å². The zero-order valence-corrected chi connectivity index (χ0v) is 9.89. The van der Waals surface area contributed by atoms with Gasteiger partial charge in [-0.05, 0) is 48.1 Å². The minimum absolute atomic E-state index is 0.207. The summed E-state index contributed by atoms with van der Waals surface area (Å²) < 4.78 is 0. The highest BCUT2D eigenvalue weighted by atomic mass is 16.3.